The van der Waals surface area contributed by atoms with Gasteiger partial charge in [0.15, 0.2) is 6.61 Å². The maximum absolute atomic E-state index is 12.3. The topological polar surface area (TPSA) is 51.2 Å². The SMILES string of the molecule is CCC(C)(C)c1ccc(OCC(=O)Nc2ccc(-c3nc4ccc(C)cc4s3)cc2)cc1. The number of ether oxygens (including phenoxy) is 1. The van der Waals surface area contributed by atoms with Crippen molar-refractivity contribution < 1.29 is 9.53 Å². The number of aryl methyl sites for hydroxylation is 1. The standard InChI is InChI=1S/C27H28N2O2S/c1-5-27(3,4)20-9-13-22(14-10-20)31-17-25(30)28-21-11-7-19(8-12-21)26-29-23-15-6-18(2)16-24(23)32-26/h6-16H,5,17H2,1-4H3,(H,28,30). The lowest BCUT2D eigenvalue weighted by molar-refractivity contribution is -0.118. The summed E-state index contributed by atoms with van der Waals surface area (Å²) in [5, 5.41) is 3.86. The molecule has 0 fully saturated rings. The van der Waals surface area contributed by atoms with Crippen LogP contribution in [-0.4, -0.2) is 17.5 Å². The van der Waals surface area contributed by atoms with Gasteiger partial charge in [-0.1, -0.05) is 39.0 Å². The first-order valence-electron chi connectivity index (χ1n) is 10.8. The van der Waals surface area contributed by atoms with Crippen LogP contribution < -0.4 is 10.1 Å². The number of amides is 1. The monoisotopic (exact) mass is 444 g/mol. The molecular formula is C27H28N2O2S. The second kappa shape index (κ2) is 9.13. The fourth-order valence-electron chi connectivity index (χ4n) is 3.40. The summed E-state index contributed by atoms with van der Waals surface area (Å²) < 4.78 is 6.84. The first-order valence-corrected chi connectivity index (χ1v) is 11.7. The van der Waals surface area contributed by atoms with Crippen LogP contribution >= 0.6 is 11.3 Å². The van der Waals surface area contributed by atoms with E-state index in [0.29, 0.717) is 5.75 Å². The Morgan fingerprint density at radius 2 is 1.75 bits per heavy atom. The van der Waals surface area contributed by atoms with Gasteiger partial charge in [-0.2, -0.15) is 0 Å². The predicted molar refractivity (Wildman–Crippen MR) is 134 cm³/mol. The van der Waals surface area contributed by atoms with Crippen molar-refractivity contribution in [3.05, 3.63) is 77.9 Å². The van der Waals surface area contributed by atoms with Crippen LogP contribution in [-0.2, 0) is 10.2 Å². The van der Waals surface area contributed by atoms with Crippen LogP contribution in [0.25, 0.3) is 20.8 Å². The Hall–Kier alpha value is -3.18. The van der Waals surface area contributed by atoms with Gasteiger partial charge in [0.25, 0.3) is 5.91 Å². The van der Waals surface area contributed by atoms with E-state index in [-0.39, 0.29) is 17.9 Å². The van der Waals surface area contributed by atoms with Crippen LogP contribution in [0, 0.1) is 6.92 Å². The van der Waals surface area contributed by atoms with E-state index < -0.39 is 0 Å². The van der Waals surface area contributed by atoms with E-state index in [1.54, 1.807) is 11.3 Å². The fourth-order valence-corrected chi connectivity index (χ4v) is 4.47. The van der Waals surface area contributed by atoms with E-state index in [0.717, 1.165) is 28.2 Å². The zero-order valence-electron chi connectivity index (χ0n) is 18.9. The maximum Gasteiger partial charge on any atom is 0.262 e. The van der Waals surface area contributed by atoms with E-state index in [1.807, 2.05) is 36.4 Å². The van der Waals surface area contributed by atoms with Gasteiger partial charge in [-0.05, 0) is 78.4 Å². The molecule has 0 aliphatic heterocycles. The third-order valence-corrected chi connectivity index (χ3v) is 6.92. The van der Waals surface area contributed by atoms with Crippen molar-refractivity contribution in [2.45, 2.75) is 39.5 Å². The Balaban J connectivity index is 1.34. The average molecular weight is 445 g/mol. The lowest BCUT2D eigenvalue weighted by atomic mass is 9.82. The van der Waals surface area contributed by atoms with Crippen LogP contribution in [0.15, 0.2) is 66.7 Å². The highest BCUT2D eigenvalue weighted by atomic mass is 32.1. The second-order valence-electron chi connectivity index (χ2n) is 8.67. The molecule has 4 rings (SSSR count). The van der Waals surface area contributed by atoms with E-state index in [9.17, 15) is 4.79 Å². The molecule has 1 aromatic heterocycles. The van der Waals surface area contributed by atoms with E-state index in [4.69, 9.17) is 9.72 Å². The Morgan fingerprint density at radius 3 is 2.44 bits per heavy atom. The minimum atomic E-state index is -0.189. The summed E-state index contributed by atoms with van der Waals surface area (Å²) in [7, 11) is 0. The number of anilines is 1. The molecule has 4 nitrogen and oxygen atoms in total. The van der Waals surface area contributed by atoms with Gasteiger partial charge < -0.3 is 10.1 Å². The molecule has 0 saturated carbocycles. The number of aromatic nitrogens is 1. The highest BCUT2D eigenvalue weighted by molar-refractivity contribution is 7.21. The highest BCUT2D eigenvalue weighted by Crippen LogP contribution is 2.31. The van der Waals surface area contributed by atoms with Crippen molar-refractivity contribution in [3.63, 3.8) is 0 Å². The molecule has 1 N–H and O–H groups in total. The first kappa shape index (κ1) is 22.0. The van der Waals surface area contributed by atoms with E-state index in [2.05, 4.69) is 63.3 Å². The molecule has 0 saturated heterocycles. The number of nitrogens with zero attached hydrogens (tertiary/aromatic N) is 1. The zero-order valence-corrected chi connectivity index (χ0v) is 19.8. The molecule has 0 bridgehead atoms. The van der Waals surface area contributed by atoms with Crippen molar-refractivity contribution in [2.24, 2.45) is 0 Å². The second-order valence-corrected chi connectivity index (χ2v) is 9.70. The van der Waals surface area contributed by atoms with Gasteiger partial charge in [0.1, 0.15) is 10.8 Å². The molecule has 5 heteroatoms. The molecular weight excluding hydrogens is 416 g/mol. The molecule has 0 atom stereocenters. The molecule has 0 spiro atoms. The van der Waals surface area contributed by atoms with Gasteiger partial charge in [0.2, 0.25) is 0 Å². The largest absolute Gasteiger partial charge is 0.484 e. The predicted octanol–water partition coefficient (Wildman–Crippen LogP) is 6.98. The zero-order chi connectivity index (χ0) is 22.7. The molecule has 3 aromatic carbocycles. The number of hydrogen-bond acceptors (Lipinski definition) is 4. The number of benzene rings is 3. The Labute approximate surface area is 193 Å². The molecule has 4 aromatic rings. The lowest BCUT2D eigenvalue weighted by Gasteiger charge is -2.23. The number of thiazole rings is 1. The molecule has 164 valence electrons. The number of nitrogens with one attached hydrogen (secondary N) is 1. The van der Waals surface area contributed by atoms with Crippen molar-refractivity contribution in [1.82, 2.24) is 4.98 Å². The van der Waals surface area contributed by atoms with Gasteiger partial charge in [-0.25, -0.2) is 4.98 Å². The van der Waals surface area contributed by atoms with Gasteiger partial charge in [0.05, 0.1) is 10.2 Å². The van der Waals surface area contributed by atoms with Crippen molar-refractivity contribution in [3.8, 4) is 16.3 Å². The van der Waals surface area contributed by atoms with Crippen molar-refractivity contribution in [1.29, 1.82) is 0 Å². The van der Waals surface area contributed by atoms with Crippen molar-refractivity contribution >= 4 is 33.1 Å². The summed E-state index contributed by atoms with van der Waals surface area (Å²) in [5.41, 5.74) is 5.41. The summed E-state index contributed by atoms with van der Waals surface area (Å²) in [5.74, 6) is 0.503. The molecule has 1 heterocycles. The average Bonchev–Trinajstić information content (AvgIpc) is 3.21. The number of fused-ring (bicyclic) bond motifs is 1. The molecule has 0 aliphatic carbocycles. The highest BCUT2D eigenvalue weighted by Gasteiger charge is 2.17. The van der Waals surface area contributed by atoms with Crippen LogP contribution in [0.5, 0.6) is 5.75 Å². The lowest BCUT2D eigenvalue weighted by Crippen LogP contribution is -2.20. The number of rotatable bonds is 7. The van der Waals surface area contributed by atoms with Gasteiger partial charge in [-0.15, -0.1) is 11.3 Å². The summed E-state index contributed by atoms with van der Waals surface area (Å²) in [6, 6.07) is 22.0. The Morgan fingerprint density at radius 1 is 1.03 bits per heavy atom. The fraction of sp³-hybridized carbons (Fsp3) is 0.259. The third kappa shape index (κ3) is 5.00. The minimum Gasteiger partial charge on any atom is -0.484 e. The summed E-state index contributed by atoms with van der Waals surface area (Å²) in [6.45, 7) is 8.68. The molecule has 1 amide bonds. The van der Waals surface area contributed by atoms with Gasteiger partial charge in [-0.3, -0.25) is 4.79 Å². The quantitative estimate of drug-likeness (QED) is 0.335. The van der Waals surface area contributed by atoms with Gasteiger partial charge >= 0.3 is 0 Å². The van der Waals surface area contributed by atoms with Crippen LogP contribution in [0.3, 0.4) is 0 Å². The van der Waals surface area contributed by atoms with Crippen molar-refractivity contribution in [2.75, 3.05) is 11.9 Å². The normalized spacial score (nSPS) is 11.5. The summed E-state index contributed by atoms with van der Waals surface area (Å²) in [4.78, 5) is 17.0. The number of hydrogen-bond donors (Lipinski definition) is 1. The molecule has 0 radical (unpaired) electrons. The minimum absolute atomic E-state index is 0.0323. The van der Waals surface area contributed by atoms with Gasteiger partial charge in [0, 0.05) is 11.3 Å². The number of carbonyl (C=O) groups is 1. The summed E-state index contributed by atoms with van der Waals surface area (Å²) >= 11 is 1.68. The van der Waals surface area contributed by atoms with E-state index >= 15 is 0 Å². The smallest absolute Gasteiger partial charge is 0.262 e. The Kier molecular flexibility index (Phi) is 6.28. The van der Waals surface area contributed by atoms with Crippen LogP contribution in [0.1, 0.15) is 38.3 Å². The molecule has 32 heavy (non-hydrogen) atoms. The first-order chi connectivity index (χ1) is 15.3. The van der Waals surface area contributed by atoms with E-state index in [1.165, 1.54) is 15.8 Å². The third-order valence-electron chi connectivity index (χ3n) is 5.85. The van der Waals surface area contributed by atoms with Crippen LogP contribution in [0.4, 0.5) is 5.69 Å². The molecule has 0 aliphatic rings. The Bertz CT molecular complexity index is 1220. The van der Waals surface area contributed by atoms with Crippen LogP contribution in [0.2, 0.25) is 0 Å². The molecule has 0 unspecified atom stereocenters. The summed E-state index contributed by atoms with van der Waals surface area (Å²) in [6.07, 6.45) is 1.06. The number of carbonyl (C=O) groups excluding carboxylic acids is 1. The maximum atomic E-state index is 12.3.